The zero-order valence-corrected chi connectivity index (χ0v) is 11.5. The molecule has 124 valence electrons. The molecule has 0 unspecified atom stereocenters. The number of nitrogens with two attached hydrogens (primary N) is 1. The summed E-state index contributed by atoms with van der Waals surface area (Å²) in [7, 11) is -13.2. The van der Waals surface area contributed by atoms with Gasteiger partial charge in [0.05, 0.1) is 0 Å². The summed E-state index contributed by atoms with van der Waals surface area (Å²) >= 11 is 0. The first-order valence-electron chi connectivity index (χ1n) is 4.73. The van der Waals surface area contributed by atoms with Gasteiger partial charge in [-0.1, -0.05) is 17.5 Å². The number of hydrogen-bond donors (Lipinski definition) is 2. The number of sulfonamides is 2. The number of hydrogen-bond acceptors (Lipinski definition) is 5. The van der Waals surface area contributed by atoms with E-state index in [-0.39, 0.29) is 0 Å². The highest BCUT2D eigenvalue weighted by molar-refractivity contribution is 8.05. The average molecular weight is 354 g/mol. The number of unbranched alkanes of at least 4 members (excludes halogenated alkanes) is 1. The average Bonchev–Trinajstić information content (AvgIpc) is 2.14. The lowest BCUT2D eigenvalue weighted by Gasteiger charge is -2.11. The fraction of sp³-hybridized carbons (Fsp3) is 1.00. The molecule has 0 aliphatic carbocycles. The zero-order valence-electron chi connectivity index (χ0n) is 9.92. The number of alkyl halides is 6. The Bertz CT molecular complexity index is 437. The summed E-state index contributed by atoms with van der Waals surface area (Å²) in [5.41, 5.74) is -7.16. The smallest absolute Gasteiger partial charge is 0.330 e. The molecule has 0 amide bonds. The maximum atomic E-state index is 11.5. The molecule has 0 aromatic heterocycles. The summed E-state index contributed by atoms with van der Waals surface area (Å²) in [5.74, 6) is 0. The van der Waals surface area contributed by atoms with E-state index in [2.05, 4.69) is 6.92 Å². The summed E-state index contributed by atoms with van der Waals surface area (Å²) in [6.45, 7) is 2.98. The van der Waals surface area contributed by atoms with Gasteiger partial charge < -0.3 is 5.73 Å². The number of rotatable bonds is 4. The number of nitrogens with one attached hydrogen (secondary N) is 1. The predicted octanol–water partition coefficient (Wildman–Crippen LogP) is 1.02. The van der Waals surface area contributed by atoms with Gasteiger partial charge in [0, 0.05) is 0 Å². The van der Waals surface area contributed by atoms with Crippen molar-refractivity contribution >= 4 is 20.0 Å². The first-order chi connectivity index (χ1) is 8.62. The lowest BCUT2D eigenvalue weighted by atomic mass is 10.3. The lowest BCUT2D eigenvalue weighted by Crippen LogP contribution is -2.45. The fourth-order valence-electron chi connectivity index (χ4n) is 0.443. The number of halogens is 6. The second kappa shape index (κ2) is 7.42. The molecule has 0 radical (unpaired) electrons. The molecule has 0 bridgehead atoms. The summed E-state index contributed by atoms with van der Waals surface area (Å²) in [5, 5.41) is 0. The van der Waals surface area contributed by atoms with E-state index in [1.54, 1.807) is 0 Å². The second-order valence-corrected chi connectivity index (χ2v) is 6.73. The van der Waals surface area contributed by atoms with Gasteiger partial charge in [-0.25, -0.2) is 16.8 Å². The van der Waals surface area contributed by atoms with Gasteiger partial charge >= 0.3 is 31.1 Å². The van der Waals surface area contributed by atoms with Crippen molar-refractivity contribution in [3.05, 3.63) is 0 Å². The van der Waals surface area contributed by atoms with Crippen molar-refractivity contribution in [2.24, 2.45) is 5.73 Å². The van der Waals surface area contributed by atoms with Crippen LogP contribution in [0.2, 0.25) is 0 Å². The molecule has 20 heavy (non-hydrogen) atoms. The summed E-state index contributed by atoms with van der Waals surface area (Å²) in [6.07, 6.45) is 2.39. The fourth-order valence-corrected chi connectivity index (χ4v) is 2.35. The zero-order chi connectivity index (χ0) is 16.8. The van der Waals surface area contributed by atoms with Gasteiger partial charge in [-0.3, -0.25) is 0 Å². The minimum Gasteiger partial charge on any atom is -0.330 e. The molecule has 0 aromatic rings. The van der Waals surface area contributed by atoms with Crippen LogP contribution < -0.4 is 9.86 Å². The third-order valence-corrected chi connectivity index (χ3v) is 4.36. The van der Waals surface area contributed by atoms with Crippen LogP contribution in [0.3, 0.4) is 0 Å². The van der Waals surface area contributed by atoms with Gasteiger partial charge in [-0.15, -0.1) is 0 Å². The van der Waals surface area contributed by atoms with Crippen LogP contribution in [-0.2, 0) is 20.0 Å². The van der Waals surface area contributed by atoms with E-state index in [1.165, 1.54) is 12.8 Å². The van der Waals surface area contributed by atoms with Gasteiger partial charge in [-0.2, -0.15) is 26.3 Å². The Labute approximate surface area is 111 Å². The molecule has 0 heterocycles. The van der Waals surface area contributed by atoms with Crippen LogP contribution in [-0.4, -0.2) is 34.4 Å². The van der Waals surface area contributed by atoms with E-state index < -0.39 is 35.2 Å². The van der Waals surface area contributed by atoms with Gasteiger partial charge in [0.2, 0.25) is 0 Å². The van der Waals surface area contributed by atoms with Crippen LogP contribution in [0.15, 0.2) is 0 Å². The first kappa shape index (κ1) is 21.7. The third-order valence-electron chi connectivity index (χ3n) is 1.39. The predicted molar refractivity (Wildman–Crippen MR) is 57.0 cm³/mol. The normalized spacial score (nSPS) is 13.6. The highest BCUT2D eigenvalue weighted by Crippen LogP contribution is 2.27. The standard InChI is InChI=1S/C4H11N.C2HF6NO4S2/c1-2-3-4-5;3-1(4,5)14(10,11)9-15(12,13)2(6,7)8/h2-5H2,1H3;9H. The van der Waals surface area contributed by atoms with E-state index in [0.717, 1.165) is 6.54 Å². The van der Waals surface area contributed by atoms with Crippen LogP contribution in [0.4, 0.5) is 26.3 Å². The maximum Gasteiger partial charge on any atom is 0.512 e. The Morgan fingerprint density at radius 2 is 1.20 bits per heavy atom. The van der Waals surface area contributed by atoms with E-state index in [0.29, 0.717) is 0 Å². The van der Waals surface area contributed by atoms with E-state index >= 15 is 0 Å². The first-order valence-corrected chi connectivity index (χ1v) is 7.70. The van der Waals surface area contributed by atoms with Crippen molar-refractivity contribution < 1.29 is 43.2 Å². The Morgan fingerprint density at radius 1 is 0.900 bits per heavy atom. The molecule has 0 aromatic carbocycles. The van der Waals surface area contributed by atoms with Crippen LogP contribution in [0.5, 0.6) is 0 Å². The maximum absolute atomic E-state index is 11.5. The van der Waals surface area contributed by atoms with Gasteiger partial charge in [0.1, 0.15) is 0 Å². The van der Waals surface area contributed by atoms with E-state index in [9.17, 15) is 43.2 Å². The van der Waals surface area contributed by atoms with E-state index in [4.69, 9.17) is 5.73 Å². The van der Waals surface area contributed by atoms with Gasteiger partial charge in [-0.05, 0) is 13.0 Å². The molecule has 0 fully saturated rings. The third kappa shape index (κ3) is 7.25. The van der Waals surface area contributed by atoms with Crippen molar-refractivity contribution in [2.45, 2.75) is 30.8 Å². The molecule has 0 aliphatic heterocycles. The van der Waals surface area contributed by atoms with Crippen molar-refractivity contribution in [3.63, 3.8) is 0 Å². The van der Waals surface area contributed by atoms with Crippen LogP contribution >= 0.6 is 0 Å². The SMILES string of the molecule is CCCCN.O=S(=O)(NS(=O)(=O)C(F)(F)F)C(F)(F)F. The largest absolute Gasteiger partial charge is 0.512 e. The minimum atomic E-state index is -6.60. The topological polar surface area (TPSA) is 106 Å². The monoisotopic (exact) mass is 354 g/mol. The quantitative estimate of drug-likeness (QED) is 0.733. The van der Waals surface area contributed by atoms with Crippen molar-refractivity contribution in [3.8, 4) is 0 Å². The Morgan fingerprint density at radius 3 is 1.30 bits per heavy atom. The molecule has 6 nitrogen and oxygen atoms in total. The minimum absolute atomic E-state index is 0.493. The van der Waals surface area contributed by atoms with Crippen molar-refractivity contribution in [1.29, 1.82) is 0 Å². The highest BCUT2D eigenvalue weighted by atomic mass is 32.3. The molecule has 14 heteroatoms. The Hall–Kier alpha value is -0.600. The van der Waals surface area contributed by atoms with Crippen molar-refractivity contribution in [2.75, 3.05) is 6.54 Å². The Balaban J connectivity index is 0. The summed E-state index contributed by atoms with van der Waals surface area (Å²) in [6, 6.07) is 0. The summed E-state index contributed by atoms with van der Waals surface area (Å²) in [4.78, 5) is 0. The highest BCUT2D eigenvalue weighted by Gasteiger charge is 2.55. The van der Waals surface area contributed by atoms with Crippen LogP contribution in [0, 0.1) is 0 Å². The molecule has 0 aliphatic rings. The molecule has 3 N–H and O–H groups in total. The van der Waals surface area contributed by atoms with Crippen LogP contribution in [0.1, 0.15) is 19.8 Å². The summed E-state index contributed by atoms with van der Waals surface area (Å²) < 4.78 is 108. The van der Waals surface area contributed by atoms with Gasteiger partial charge in [0.15, 0.2) is 0 Å². The molecule has 0 atom stereocenters. The molecule has 0 spiro atoms. The Kier molecular flexibility index (Phi) is 8.05. The molecule has 0 saturated carbocycles. The second-order valence-electron chi connectivity index (χ2n) is 3.12. The van der Waals surface area contributed by atoms with Crippen molar-refractivity contribution in [1.82, 2.24) is 4.13 Å². The van der Waals surface area contributed by atoms with E-state index in [1.807, 2.05) is 0 Å². The molecule has 0 rings (SSSR count). The molecular weight excluding hydrogens is 342 g/mol. The van der Waals surface area contributed by atoms with Gasteiger partial charge in [0.25, 0.3) is 0 Å². The lowest BCUT2D eigenvalue weighted by molar-refractivity contribution is -0.0476. The van der Waals surface area contributed by atoms with Crippen LogP contribution in [0.25, 0.3) is 0 Å². The molecular formula is C6H12F6N2O4S2. The molecule has 0 saturated heterocycles.